The maximum absolute atomic E-state index is 13.0. The molecular weight excluding hydrogens is 477 g/mol. The molecule has 1 amide bonds. The van der Waals surface area contributed by atoms with Crippen molar-refractivity contribution in [3.8, 4) is 0 Å². The maximum atomic E-state index is 13.0. The molecule has 0 bridgehead atoms. The van der Waals surface area contributed by atoms with Crippen molar-refractivity contribution < 1.29 is 28.2 Å². The third-order valence-electron chi connectivity index (χ3n) is 7.74. The zero-order valence-corrected chi connectivity index (χ0v) is 20.5. The number of likely N-dealkylation sites (tertiary alicyclic amines) is 1. The molecule has 1 aliphatic carbocycles. The number of anilines is 1. The van der Waals surface area contributed by atoms with Gasteiger partial charge < -0.3 is 25.4 Å². The van der Waals surface area contributed by atoms with Crippen molar-refractivity contribution in [2.24, 2.45) is 17.6 Å². The summed E-state index contributed by atoms with van der Waals surface area (Å²) in [6.45, 7) is 3.97. The number of carbonyl (C=O) groups excluding carboxylic acids is 1. The molecule has 36 heavy (non-hydrogen) atoms. The van der Waals surface area contributed by atoms with Gasteiger partial charge in [0.15, 0.2) is 0 Å². The van der Waals surface area contributed by atoms with Gasteiger partial charge in [0.2, 0.25) is 5.91 Å². The summed E-state index contributed by atoms with van der Waals surface area (Å²) in [5.74, 6) is -0.810. The number of aliphatic hydroxyl groups is 2. The third kappa shape index (κ3) is 5.76. The maximum Gasteiger partial charge on any atom is 0.391 e. The fourth-order valence-electron chi connectivity index (χ4n) is 5.59. The van der Waals surface area contributed by atoms with Gasteiger partial charge in [0.1, 0.15) is 23.4 Å². The molecule has 1 aliphatic heterocycles. The Kier molecular flexibility index (Phi) is 7.77. The van der Waals surface area contributed by atoms with Crippen LogP contribution in [0, 0.1) is 11.8 Å². The van der Waals surface area contributed by atoms with Gasteiger partial charge in [-0.25, -0.2) is 9.97 Å². The van der Waals surface area contributed by atoms with Gasteiger partial charge in [0, 0.05) is 32.4 Å². The number of hydrogen-bond acceptors (Lipinski definition) is 7. The normalized spacial score (nSPS) is 27.9. The Morgan fingerprint density at radius 3 is 2.61 bits per heavy atom. The van der Waals surface area contributed by atoms with E-state index in [9.17, 15) is 28.2 Å². The van der Waals surface area contributed by atoms with Gasteiger partial charge in [-0.15, -0.1) is 0 Å². The van der Waals surface area contributed by atoms with Gasteiger partial charge in [-0.2, -0.15) is 13.2 Å². The Labute approximate surface area is 208 Å². The highest BCUT2D eigenvalue weighted by Crippen LogP contribution is 2.40. The molecule has 12 heteroatoms. The average Bonchev–Trinajstić information content (AvgIpc) is 3.22. The van der Waals surface area contributed by atoms with Gasteiger partial charge in [-0.1, -0.05) is 0 Å². The van der Waals surface area contributed by atoms with Crippen LogP contribution in [0.15, 0.2) is 18.6 Å². The molecule has 4 rings (SSSR count). The van der Waals surface area contributed by atoms with Crippen LogP contribution in [0.3, 0.4) is 0 Å². The van der Waals surface area contributed by atoms with Crippen LogP contribution in [-0.2, 0) is 11.3 Å². The molecule has 2 unspecified atom stereocenters. The van der Waals surface area contributed by atoms with Crippen molar-refractivity contribution in [2.45, 2.75) is 63.5 Å². The molecule has 9 nitrogen and oxygen atoms in total. The smallest absolute Gasteiger partial charge is 0.389 e. The summed E-state index contributed by atoms with van der Waals surface area (Å²) < 4.78 is 40.9. The summed E-state index contributed by atoms with van der Waals surface area (Å²) in [5.41, 5.74) is 4.46. The minimum atomic E-state index is -4.12. The van der Waals surface area contributed by atoms with E-state index in [0.29, 0.717) is 43.9 Å². The molecule has 1 saturated carbocycles. The summed E-state index contributed by atoms with van der Waals surface area (Å²) in [5, 5.41) is 22.6. The van der Waals surface area contributed by atoms with E-state index in [2.05, 4.69) is 14.9 Å². The third-order valence-corrected chi connectivity index (χ3v) is 7.74. The SMILES string of the molecule is CCN(CC1CCC(C(F)(F)F)CC1)c1ncnc2c1ccn2CC1(O)CCN(CC(N)=O)CC1O. The number of fused-ring (bicyclic) bond motifs is 1. The zero-order chi connectivity index (χ0) is 26.1. The highest BCUT2D eigenvalue weighted by molar-refractivity contribution is 5.87. The van der Waals surface area contributed by atoms with Gasteiger partial charge >= 0.3 is 6.18 Å². The summed E-state index contributed by atoms with van der Waals surface area (Å²) in [6, 6.07) is 1.87. The van der Waals surface area contributed by atoms with E-state index in [1.165, 1.54) is 6.33 Å². The van der Waals surface area contributed by atoms with Crippen LogP contribution >= 0.6 is 0 Å². The Morgan fingerprint density at radius 1 is 1.28 bits per heavy atom. The molecule has 2 atom stereocenters. The molecule has 2 aromatic heterocycles. The molecule has 4 N–H and O–H groups in total. The van der Waals surface area contributed by atoms with Crippen LogP contribution in [0.1, 0.15) is 39.0 Å². The average molecular weight is 513 g/mol. The van der Waals surface area contributed by atoms with E-state index in [-0.39, 0.29) is 44.8 Å². The number of nitrogens with zero attached hydrogens (tertiary/aromatic N) is 5. The Morgan fingerprint density at radius 2 is 2.00 bits per heavy atom. The molecule has 2 aliphatic rings. The van der Waals surface area contributed by atoms with Gasteiger partial charge in [0.05, 0.1) is 30.5 Å². The lowest BCUT2D eigenvalue weighted by Gasteiger charge is -2.42. The standard InChI is InChI=1S/C24H35F3N6O3/c1-2-32(11-16-3-5-17(6-4-16)24(25,26)27)21-18-7-9-33(22(18)30-15-29-21)14-23(36)8-10-31(12-19(23)34)13-20(28)35/h7,9,15-17,19,34,36H,2-6,8,10-14H2,1H3,(H2,28,35). The first-order valence-corrected chi connectivity index (χ1v) is 12.5. The number of primary amides is 1. The van der Waals surface area contributed by atoms with E-state index in [4.69, 9.17) is 5.73 Å². The minimum absolute atomic E-state index is 0.0287. The van der Waals surface area contributed by atoms with Crippen molar-refractivity contribution in [2.75, 3.05) is 37.6 Å². The fourth-order valence-corrected chi connectivity index (χ4v) is 5.59. The number of rotatable bonds is 8. The number of halogens is 3. The molecule has 0 spiro atoms. The Hall–Kier alpha value is -2.44. The van der Waals surface area contributed by atoms with Crippen LogP contribution in [0.25, 0.3) is 11.0 Å². The number of aromatic nitrogens is 3. The lowest BCUT2D eigenvalue weighted by Crippen LogP contribution is -2.58. The van der Waals surface area contributed by atoms with Crippen LogP contribution in [0.4, 0.5) is 19.0 Å². The number of nitrogens with two attached hydrogens (primary N) is 1. The first-order chi connectivity index (χ1) is 17.0. The predicted molar refractivity (Wildman–Crippen MR) is 128 cm³/mol. The van der Waals surface area contributed by atoms with Gasteiger partial charge in [0.25, 0.3) is 0 Å². The van der Waals surface area contributed by atoms with E-state index in [1.807, 2.05) is 13.0 Å². The molecule has 0 radical (unpaired) electrons. The second-order valence-corrected chi connectivity index (χ2v) is 10.2. The fraction of sp³-hybridized carbons (Fsp3) is 0.708. The minimum Gasteiger partial charge on any atom is -0.389 e. The molecular formula is C24H35F3N6O3. The molecule has 2 fully saturated rings. The predicted octanol–water partition coefficient (Wildman–Crippen LogP) is 1.91. The van der Waals surface area contributed by atoms with E-state index >= 15 is 0 Å². The summed E-state index contributed by atoms with van der Waals surface area (Å²) in [6.07, 6.45) is -0.268. The molecule has 200 valence electrons. The summed E-state index contributed by atoms with van der Waals surface area (Å²) >= 11 is 0. The number of β-amino-alcohol motifs (C(OH)–C–C–N with tert-alkyl or cyclic N) is 1. The second kappa shape index (κ2) is 10.5. The number of hydrogen-bond donors (Lipinski definition) is 3. The molecule has 2 aromatic rings. The highest BCUT2D eigenvalue weighted by atomic mass is 19.4. The van der Waals surface area contributed by atoms with Crippen molar-refractivity contribution in [1.82, 2.24) is 19.4 Å². The summed E-state index contributed by atoms with van der Waals surface area (Å²) in [4.78, 5) is 23.9. The van der Waals surface area contributed by atoms with Crippen molar-refractivity contribution >= 4 is 22.8 Å². The van der Waals surface area contributed by atoms with E-state index in [0.717, 1.165) is 5.39 Å². The van der Waals surface area contributed by atoms with Crippen LogP contribution in [0.5, 0.6) is 0 Å². The monoisotopic (exact) mass is 512 g/mol. The zero-order valence-electron chi connectivity index (χ0n) is 20.5. The number of carbonyl (C=O) groups is 1. The number of piperidine rings is 1. The highest BCUT2D eigenvalue weighted by Gasteiger charge is 2.42. The Balaban J connectivity index is 1.47. The Bertz CT molecular complexity index is 1060. The largest absolute Gasteiger partial charge is 0.391 e. The molecule has 0 aromatic carbocycles. The van der Waals surface area contributed by atoms with Crippen LogP contribution in [-0.4, -0.2) is 86.2 Å². The quantitative estimate of drug-likeness (QED) is 0.494. The van der Waals surface area contributed by atoms with E-state index in [1.54, 1.807) is 15.7 Å². The number of alkyl halides is 3. The van der Waals surface area contributed by atoms with E-state index < -0.39 is 29.7 Å². The molecule has 1 saturated heterocycles. The number of aliphatic hydroxyl groups excluding tert-OH is 1. The van der Waals surface area contributed by atoms with Crippen molar-refractivity contribution in [3.05, 3.63) is 18.6 Å². The first kappa shape index (κ1) is 26.6. The number of amides is 1. The summed E-state index contributed by atoms with van der Waals surface area (Å²) in [7, 11) is 0. The second-order valence-electron chi connectivity index (χ2n) is 10.2. The van der Waals surface area contributed by atoms with Crippen LogP contribution in [0.2, 0.25) is 0 Å². The van der Waals surface area contributed by atoms with Gasteiger partial charge in [-0.3, -0.25) is 9.69 Å². The van der Waals surface area contributed by atoms with Crippen LogP contribution < -0.4 is 10.6 Å². The van der Waals surface area contributed by atoms with Crippen molar-refractivity contribution in [1.29, 1.82) is 0 Å². The first-order valence-electron chi connectivity index (χ1n) is 12.5. The van der Waals surface area contributed by atoms with Gasteiger partial charge in [-0.05, 0) is 51.0 Å². The lowest BCUT2D eigenvalue weighted by molar-refractivity contribution is -0.183. The lowest BCUT2D eigenvalue weighted by atomic mass is 9.81. The topological polar surface area (TPSA) is 121 Å². The van der Waals surface area contributed by atoms with Crippen molar-refractivity contribution in [3.63, 3.8) is 0 Å². The molecule has 3 heterocycles.